The summed E-state index contributed by atoms with van der Waals surface area (Å²) in [6, 6.07) is 12.4. The molecular weight excluding hydrogens is 371 g/mol. The minimum atomic E-state index is -4.49. The number of halogens is 3. The minimum absolute atomic E-state index is 0.0335. The summed E-state index contributed by atoms with van der Waals surface area (Å²) < 4.78 is 45.2. The van der Waals surface area contributed by atoms with E-state index in [2.05, 4.69) is 25.8 Å². The fraction of sp³-hybridized carbons (Fsp3) is 0.211. The molecule has 2 aromatic carbocycles. The molecule has 0 aliphatic carbocycles. The number of aromatic nitrogens is 3. The molecule has 0 bridgehead atoms. The van der Waals surface area contributed by atoms with Crippen LogP contribution in [0.5, 0.6) is 5.75 Å². The molecule has 6 nitrogen and oxygen atoms in total. The summed E-state index contributed by atoms with van der Waals surface area (Å²) in [6.07, 6.45) is -3.28. The van der Waals surface area contributed by atoms with Crippen molar-refractivity contribution in [2.75, 3.05) is 10.6 Å². The molecule has 0 aliphatic rings. The zero-order valence-electron chi connectivity index (χ0n) is 15.2. The first-order chi connectivity index (χ1) is 13.3. The largest absolute Gasteiger partial charge is 0.489 e. The molecule has 9 heteroatoms. The predicted octanol–water partition coefficient (Wildman–Crippen LogP) is 5.16. The molecule has 1 aromatic heterocycles. The Bertz CT molecular complexity index is 947. The predicted molar refractivity (Wildman–Crippen MR) is 100 cm³/mol. The highest BCUT2D eigenvalue weighted by atomic mass is 19.4. The van der Waals surface area contributed by atoms with Gasteiger partial charge in [-0.1, -0.05) is 24.3 Å². The third kappa shape index (κ3) is 4.87. The number of hydrogen-bond donors (Lipinski definition) is 2. The highest BCUT2D eigenvalue weighted by Gasteiger charge is 2.33. The average Bonchev–Trinajstić information content (AvgIpc) is 2.63. The molecule has 0 atom stereocenters. The molecule has 0 aliphatic heterocycles. The topological polar surface area (TPSA) is 72.0 Å². The van der Waals surface area contributed by atoms with Crippen molar-refractivity contribution in [2.45, 2.75) is 26.1 Å². The normalized spacial score (nSPS) is 11.4. The fourth-order valence-electron chi connectivity index (χ4n) is 2.44. The molecule has 0 saturated heterocycles. The van der Waals surface area contributed by atoms with Crippen LogP contribution in [0.25, 0.3) is 0 Å². The van der Waals surface area contributed by atoms with E-state index in [9.17, 15) is 13.2 Å². The van der Waals surface area contributed by atoms with Gasteiger partial charge < -0.3 is 15.4 Å². The molecule has 0 spiro atoms. The van der Waals surface area contributed by atoms with Crippen LogP contribution in [-0.2, 0) is 6.18 Å². The van der Waals surface area contributed by atoms with E-state index < -0.39 is 11.7 Å². The summed E-state index contributed by atoms with van der Waals surface area (Å²) in [5.41, 5.74) is -0.297. The standard InChI is InChI=1S/C19H18F3N5O/c1-12(2)28-16-10-6-5-9-15(16)25-18-26-17(11-23-27-18)24-14-8-4-3-7-13(14)19(20,21)22/h3-12H,1-2H3,(H2,24,25,26,27). The number of rotatable bonds is 6. The molecule has 28 heavy (non-hydrogen) atoms. The Kier molecular flexibility index (Phi) is 5.62. The number of ether oxygens (including phenoxy) is 1. The third-order valence-electron chi connectivity index (χ3n) is 3.55. The van der Waals surface area contributed by atoms with Gasteiger partial charge in [-0.2, -0.15) is 23.3 Å². The molecule has 0 saturated carbocycles. The SMILES string of the molecule is CC(C)Oc1ccccc1Nc1nncc(Nc2ccccc2C(F)(F)F)n1. The van der Waals surface area contributed by atoms with Crippen LogP contribution in [-0.4, -0.2) is 21.3 Å². The van der Waals surface area contributed by atoms with Gasteiger partial charge in [-0.3, -0.25) is 0 Å². The van der Waals surface area contributed by atoms with Gasteiger partial charge in [0.05, 0.1) is 29.2 Å². The lowest BCUT2D eigenvalue weighted by Crippen LogP contribution is -2.10. The zero-order valence-corrected chi connectivity index (χ0v) is 15.2. The third-order valence-corrected chi connectivity index (χ3v) is 3.55. The van der Waals surface area contributed by atoms with E-state index in [-0.39, 0.29) is 23.6 Å². The van der Waals surface area contributed by atoms with Gasteiger partial charge in [-0.05, 0) is 38.1 Å². The van der Waals surface area contributed by atoms with Crippen molar-refractivity contribution in [3.63, 3.8) is 0 Å². The summed E-state index contributed by atoms with van der Waals surface area (Å²) in [5, 5.41) is 13.3. The highest BCUT2D eigenvalue weighted by Crippen LogP contribution is 2.35. The van der Waals surface area contributed by atoms with Gasteiger partial charge in [-0.25, -0.2) is 0 Å². The lowest BCUT2D eigenvalue weighted by molar-refractivity contribution is -0.136. The molecule has 2 N–H and O–H groups in total. The quantitative estimate of drug-likeness (QED) is 0.606. The van der Waals surface area contributed by atoms with Crippen LogP contribution in [0, 0.1) is 0 Å². The number of hydrogen-bond acceptors (Lipinski definition) is 6. The van der Waals surface area contributed by atoms with Gasteiger partial charge >= 0.3 is 6.18 Å². The zero-order chi connectivity index (χ0) is 20.1. The van der Waals surface area contributed by atoms with Crippen LogP contribution < -0.4 is 15.4 Å². The van der Waals surface area contributed by atoms with Crippen molar-refractivity contribution in [2.24, 2.45) is 0 Å². The van der Waals surface area contributed by atoms with Crippen LogP contribution in [0.3, 0.4) is 0 Å². The summed E-state index contributed by atoms with van der Waals surface area (Å²) in [5.74, 6) is 0.840. The molecule has 0 amide bonds. The Hall–Kier alpha value is -3.36. The second-order valence-corrected chi connectivity index (χ2v) is 6.12. The van der Waals surface area contributed by atoms with Crippen molar-refractivity contribution in [3.8, 4) is 5.75 Å². The average molecular weight is 389 g/mol. The number of anilines is 4. The summed E-state index contributed by atoms with van der Waals surface area (Å²) in [7, 11) is 0. The lowest BCUT2D eigenvalue weighted by Gasteiger charge is -2.15. The lowest BCUT2D eigenvalue weighted by atomic mass is 10.1. The van der Waals surface area contributed by atoms with Gasteiger partial charge in [0.25, 0.3) is 0 Å². The Labute approximate surface area is 159 Å². The van der Waals surface area contributed by atoms with Gasteiger partial charge in [0.15, 0.2) is 5.82 Å². The van der Waals surface area contributed by atoms with Gasteiger partial charge in [0.2, 0.25) is 5.95 Å². The Morgan fingerprint density at radius 2 is 1.61 bits per heavy atom. The minimum Gasteiger partial charge on any atom is -0.489 e. The number of alkyl halides is 3. The van der Waals surface area contributed by atoms with Crippen molar-refractivity contribution < 1.29 is 17.9 Å². The van der Waals surface area contributed by atoms with Crippen LogP contribution in [0.2, 0.25) is 0 Å². The number of nitrogens with one attached hydrogen (secondary N) is 2. The van der Waals surface area contributed by atoms with Crippen molar-refractivity contribution in [1.82, 2.24) is 15.2 Å². The molecule has 3 aromatic rings. The molecule has 0 radical (unpaired) electrons. The van der Waals surface area contributed by atoms with E-state index in [1.807, 2.05) is 26.0 Å². The molecule has 3 rings (SSSR count). The smallest absolute Gasteiger partial charge is 0.418 e. The van der Waals surface area contributed by atoms with E-state index in [4.69, 9.17) is 4.74 Å². The van der Waals surface area contributed by atoms with Gasteiger partial charge in [0.1, 0.15) is 5.75 Å². The van der Waals surface area contributed by atoms with Crippen molar-refractivity contribution in [3.05, 3.63) is 60.3 Å². The molecule has 0 fully saturated rings. The first-order valence-corrected chi connectivity index (χ1v) is 8.48. The van der Waals surface area contributed by atoms with Crippen molar-refractivity contribution in [1.29, 1.82) is 0 Å². The van der Waals surface area contributed by atoms with Crippen LogP contribution in [0.4, 0.5) is 36.3 Å². The second kappa shape index (κ2) is 8.12. The maximum Gasteiger partial charge on any atom is 0.418 e. The Morgan fingerprint density at radius 3 is 2.32 bits per heavy atom. The maximum atomic E-state index is 13.2. The molecule has 1 heterocycles. The fourth-order valence-corrected chi connectivity index (χ4v) is 2.44. The van der Waals surface area contributed by atoms with E-state index in [0.29, 0.717) is 11.4 Å². The number of benzene rings is 2. The van der Waals surface area contributed by atoms with E-state index in [0.717, 1.165) is 6.07 Å². The summed E-state index contributed by atoms with van der Waals surface area (Å²) in [4.78, 5) is 4.19. The monoisotopic (exact) mass is 389 g/mol. The number of para-hydroxylation sites is 3. The molecular formula is C19H18F3N5O. The van der Waals surface area contributed by atoms with E-state index in [1.165, 1.54) is 24.4 Å². The van der Waals surface area contributed by atoms with E-state index >= 15 is 0 Å². The van der Waals surface area contributed by atoms with Crippen LogP contribution in [0.1, 0.15) is 19.4 Å². The Balaban J connectivity index is 1.83. The molecule has 146 valence electrons. The van der Waals surface area contributed by atoms with Crippen LogP contribution >= 0.6 is 0 Å². The highest BCUT2D eigenvalue weighted by molar-refractivity contribution is 5.65. The first-order valence-electron chi connectivity index (χ1n) is 8.48. The summed E-state index contributed by atoms with van der Waals surface area (Å²) >= 11 is 0. The van der Waals surface area contributed by atoms with Crippen LogP contribution in [0.15, 0.2) is 54.7 Å². The Morgan fingerprint density at radius 1 is 0.929 bits per heavy atom. The second-order valence-electron chi connectivity index (χ2n) is 6.12. The number of nitrogens with zero attached hydrogens (tertiary/aromatic N) is 3. The summed E-state index contributed by atoms with van der Waals surface area (Å²) in [6.45, 7) is 3.80. The first kappa shape index (κ1) is 19.4. The molecule has 0 unspecified atom stereocenters. The van der Waals surface area contributed by atoms with Crippen molar-refractivity contribution >= 4 is 23.1 Å². The van der Waals surface area contributed by atoms with Gasteiger partial charge in [0, 0.05) is 0 Å². The maximum absolute atomic E-state index is 13.2. The van der Waals surface area contributed by atoms with Gasteiger partial charge in [-0.15, -0.1) is 5.10 Å². The van der Waals surface area contributed by atoms with E-state index in [1.54, 1.807) is 12.1 Å².